The molecule has 0 aliphatic carbocycles. The molecule has 0 saturated carbocycles. The molecule has 12 aromatic rings. The van der Waals surface area contributed by atoms with Crippen LogP contribution in [0.1, 0.15) is 0 Å². The summed E-state index contributed by atoms with van der Waals surface area (Å²) in [6.45, 7) is 0. The van der Waals surface area contributed by atoms with Crippen LogP contribution in [0.2, 0.25) is 0 Å². The Labute approximate surface area is 353 Å². The summed E-state index contributed by atoms with van der Waals surface area (Å²) in [7, 11) is 0. The van der Waals surface area contributed by atoms with Gasteiger partial charge in [-0.1, -0.05) is 164 Å². The third kappa shape index (κ3) is 6.06. The van der Waals surface area contributed by atoms with Gasteiger partial charge in [0.1, 0.15) is 16.7 Å². The Morgan fingerprint density at radius 2 is 0.803 bits per heavy atom. The van der Waals surface area contributed by atoms with Crippen molar-refractivity contribution in [1.82, 2.24) is 0 Å². The number of para-hydroxylation sites is 2. The molecule has 0 spiro atoms. The van der Waals surface area contributed by atoms with Crippen LogP contribution >= 0.6 is 0 Å². The highest BCUT2D eigenvalue weighted by Crippen LogP contribution is 2.46. The van der Waals surface area contributed by atoms with Crippen LogP contribution in [0.25, 0.3) is 99.2 Å². The quantitative estimate of drug-likeness (QED) is 0.161. The van der Waals surface area contributed by atoms with Gasteiger partial charge in [0.25, 0.3) is 0 Å². The van der Waals surface area contributed by atoms with Gasteiger partial charge in [-0.15, -0.1) is 0 Å². The average Bonchev–Trinajstić information content (AvgIpc) is 3.91. The molecule has 0 unspecified atom stereocenters. The number of benzene rings is 10. The highest BCUT2D eigenvalue weighted by molar-refractivity contribution is 6.17. The van der Waals surface area contributed by atoms with Crippen molar-refractivity contribution in [3.63, 3.8) is 0 Å². The molecule has 12 rings (SSSR count). The molecular formula is C58H37NO2. The molecule has 0 aliphatic rings. The number of furan rings is 2. The van der Waals surface area contributed by atoms with Crippen LogP contribution in [-0.2, 0) is 0 Å². The first-order valence-electron chi connectivity index (χ1n) is 20.7. The molecule has 0 saturated heterocycles. The molecule has 2 aromatic heterocycles. The third-order valence-corrected chi connectivity index (χ3v) is 12.1. The molecule has 0 amide bonds. The summed E-state index contributed by atoms with van der Waals surface area (Å²) in [5.74, 6) is 0. The van der Waals surface area contributed by atoms with E-state index >= 15 is 0 Å². The van der Waals surface area contributed by atoms with Crippen molar-refractivity contribution in [3.8, 4) is 44.5 Å². The lowest BCUT2D eigenvalue weighted by Gasteiger charge is -2.26. The molecule has 286 valence electrons. The largest absolute Gasteiger partial charge is 0.456 e. The van der Waals surface area contributed by atoms with Crippen LogP contribution < -0.4 is 4.90 Å². The summed E-state index contributed by atoms with van der Waals surface area (Å²) in [6.07, 6.45) is 0. The minimum atomic E-state index is 0.843. The Bertz CT molecular complexity index is 3560. The van der Waals surface area contributed by atoms with Crippen molar-refractivity contribution in [2.45, 2.75) is 0 Å². The number of hydrogen-bond donors (Lipinski definition) is 0. The van der Waals surface area contributed by atoms with Crippen molar-refractivity contribution in [3.05, 3.63) is 224 Å². The monoisotopic (exact) mass is 779 g/mol. The van der Waals surface area contributed by atoms with E-state index in [4.69, 9.17) is 8.83 Å². The second-order valence-corrected chi connectivity index (χ2v) is 15.7. The summed E-state index contributed by atoms with van der Waals surface area (Å²) in [6, 6.07) is 79.9. The predicted molar refractivity (Wildman–Crippen MR) is 255 cm³/mol. The normalized spacial score (nSPS) is 11.6. The smallest absolute Gasteiger partial charge is 0.160 e. The summed E-state index contributed by atoms with van der Waals surface area (Å²) in [5, 5.41) is 6.95. The van der Waals surface area contributed by atoms with E-state index in [9.17, 15) is 0 Å². The number of hydrogen-bond acceptors (Lipinski definition) is 3. The maximum Gasteiger partial charge on any atom is 0.160 e. The Balaban J connectivity index is 0.957. The van der Waals surface area contributed by atoms with Crippen LogP contribution in [0.4, 0.5) is 17.1 Å². The summed E-state index contributed by atoms with van der Waals surface area (Å²) in [5.41, 5.74) is 15.8. The molecule has 3 heteroatoms. The van der Waals surface area contributed by atoms with Gasteiger partial charge in [-0.3, -0.25) is 0 Å². The van der Waals surface area contributed by atoms with E-state index in [1.165, 1.54) is 27.5 Å². The van der Waals surface area contributed by atoms with Crippen LogP contribution in [0, 0.1) is 0 Å². The molecule has 2 heterocycles. The first kappa shape index (κ1) is 34.9. The van der Waals surface area contributed by atoms with E-state index in [1.54, 1.807) is 0 Å². The van der Waals surface area contributed by atoms with E-state index in [-0.39, 0.29) is 0 Å². The van der Waals surface area contributed by atoms with Crippen molar-refractivity contribution < 1.29 is 8.83 Å². The van der Waals surface area contributed by atoms with Crippen molar-refractivity contribution in [1.29, 1.82) is 0 Å². The van der Waals surface area contributed by atoms with Gasteiger partial charge in [-0.05, 0) is 116 Å². The number of anilines is 3. The highest BCUT2D eigenvalue weighted by atomic mass is 16.3. The van der Waals surface area contributed by atoms with Crippen molar-refractivity contribution >= 4 is 71.7 Å². The fourth-order valence-electron chi connectivity index (χ4n) is 9.01. The average molecular weight is 780 g/mol. The van der Waals surface area contributed by atoms with E-state index in [0.717, 1.165) is 88.8 Å². The number of rotatable bonds is 7. The first-order valence-corrected chi connectivity index (χ1v) is 20.7. The zero-order valence-corrected chi connectivity index (χ0v) is 33.1. The second-order valence-electron chi connectivity index (χ2n) is 15.7. The molecule has 0 bridgehead atoms. The van der Waals surface area contributed by atoms with Gasteiger partial charge < -0.3 is 13.7 Å². The van der Waals surface area contributed by atoms with Gasteiger partial charge in [0.05, 0.1) is 5.69 Å². The summed E-state index contributed by atoms with van der Waals surface area (Å²) >= 11 is 0. The molecule has 61 heavy (non-hydrogen) atoms. The van der Waals surface area contributed by atoms with Gasteiger partial charge in [-0.25, -0.2) is 0 Å². The standard InChI is InChI=1S/C58H37NO2/c1-2-11-43(12-3-1)49-34-35-53(58-57(49)52-15-7-9-17-55(52)61-58)59(48-31-26-42(27-32-48)46-28-33-51-50-14-6-8-16-54(50)60-56(51)37-46)47-29-24-40(25-30-47)39-18-20-41(21-19-39)45-23-22-38-10-4-5-13-44(38)36-45/h1-37H. The Kier molecular flexibility index (Phi) is 8.17. The zero-order valence-electron chi connectivity index (χ0n) is 33.1. The van der Waals surface area contributed by atoms with Gasteiger partial charge in [0, 0.05) is 32.9 Å². The summed E-state index contributed by atoms with van der Waals surface area (Å²) < 4.78 is 13.1. The van der Waals surface area contributed by atoms with Crippen LogP contribution in [0.5, 0.6) is 0 Å². The maximum absolute atomic E-state index is 6.84. The molecule has 3 nitrogen and oxygen atoms in total. The fourth-order valence-corrected chi connectivity index (χ4v) is 9.01. The molecule has 0 aliphatic heterocycles. The molecule has 0 N–H and O–H groups in total. The Morgan fingerprint density at radius 1 is 0.295 bits per heavy atom. The minimum Gasteiger partial charge on any atom is -0.456 e. The number of nitrogens with zero attached hydrogens (tertiary/aromatic N) is 1. The lowest BCUT2D eigenvalue weighted by molar-refractivity contribution is 0.668. The van der Waals surface area contributed by atoms with E-state index in [1.807, 2.05) is 18.2 Å². The van der Waals surface area contributed by atoms with Crippen molar-refractivity contribution in [2.75, 3.05) is 4.90 Å². The SMILES string of the molecule is c1ccc(-c2ccc(N(c3ccc(-c4ccc(-c5ccc6ccccc6c5)cc4)cc3)c3ccc(-c4ccc5c(c4)oc4ccccc45)cc3)c3oc4ccccc4c23)cc1. The van der Waals surface area contributed by atoms with E-state index in [0.29, 0.717) is 0 Å². The molecule has 0 radical (unpaired) electrons. The topological polar surface area (TPSA) is 29.5 Å². The lowest BCUT2D eigenvalue weighted by Crippen LogP contribution is -2.10. The van der Waals surface area contributed by atoms with Gasteiger partial charge in [-0.2, -0.15) is 0 Å². The van der Waals surface area contributed by atoms with Crippen LogP contribution in [-0.4, -0.2) is 0 Å². The molecular weight excluding hydrogens is 743 g/mol. The first-order chi connectivity index (χ1) is 30.2. The van der Waals surface area contributed by atoms with E-state index in [2.05, 4.69) is 211 Å². The van der Waals surface area contributed by atoms with Gasteiger partial charge >= 0.3 is 0 Å². The van der Waals surface area contributed by atoms with Gasteiger partial charge in [0.15, 0.2) is 5.58 Å². The summed E-state index contributed by atoms with van der Waals surface area (Å²) in [4.78, 5) is 2.32. The molecule has 10 aromatic carbocycles. The minimum absolute atomic E-state index is 0.843. The maximum atomic E-state index is 6.84. The Morgan fingerprint density at radius 3 is 1.51 bits per heavy atom. The zero-order chi connectivity index (χ0) is 40.3. The van der Waals surface area contributed by atoms with Crippen LogP contribution in [0.15, 0.2) is 233 Å². The Hall–Kier alpha value is -8.14. The van der Waals surface area contributed by atoms with E-state index < -0.39 is 0 Å². The van der Waals surface area contributed by atoms with Crippen LogP contribution in [0.3, 0.4) is 0 Å². The highest BCUT2D eigenvalue weighted by Gasteiger charge is 2.22. The lowest BCUT2D eigenvalue weighted by atomic mass is 9.97. The fraction of sp³-hybridized carbons (Fsp3) is 0. The predicted octanol–water partition coefficient (Wildman–Crippen LogP) is 16.8. The molecule has 0 fully saturated rings. The second kappa shape index (κ2) is 14.3. The third-order valence-electron chi connectivity index (χ3n) is 12.1. The molecule has 0 atom stereocenters. The van der Waals surface area contributed by atoms with Crippen molar-refractivity contribution in [2.24, 2.45) is 0 Å². The number of fused-ring (bicyclic) bond motifs is 7. The van der Waals surface area contributed by atoms with Gasteiger partial charge in [0.2, 0.25) is 0 Å².